The van der Waals surface area contributed by atoms with E-state index in [1.54, 1.807) is 0 Å². The van der Waals surface area contributed by atoms with Crippen LogP contribution in [0.3, 0.4) is 0 Å². The first kappa shape index (κ1) is 74.3. The number of fused-ring (bicyclic) bond motifs is 28. The van der Waals surface area contributed by atoms with E-state index in [1.165, 1.54) is 143 Å². The molecule has 0 saturated heterocycles. The van der Waals surface area contributed by atoms with Crippen molar-refractivity contribution < 1.29 is 0 Å². The normalized spacial score (nSPS) is 14.0. The first-order valence-electron chi connectivity index (χ1n) is 46.5. The Kier molecular flexibility index (Phi) is 14.9. The topological polar surface area (TPSA) is 55.4 Å². The summed E-state index contributed by atoms with van der Waals surface area (Å²) in [6.07, 6.45) is 0. The molecule has 0 saturated carbocycles. The Bertz CT molecular complexity index is 9720. The second-order valence-electron chi connectivity index (χ2n) is 38.8. The van der Waals surface area contributed by atoms with E-state index >= 15 is 0 Å². The predicted octanol–water partition coefficient (Wildman–Crippen LogP) is 32.1. The lowest BCUT2D eigenvalue weighted by molar-refractivity contribution is 0.660. The van der Waals surface area contributed by atoms with E-state index in [4.69, 9.17) is 10.2 Å². The summed E-state index contributed by atoms with van der Waals surface area (Å²) in [6.45, 7) is 14.2. The standard InChI is InChI=1S/C125H84N8/c1-123(2)103-34-16-7-25-83(103)86-56-49-80(70-106(86)123)129-109-37-19-10-28-89(109)95-53-43-76(66-118(95)129)73-46-60-115-99(63-73)92-31-13-22-40-112(92)128(115)79-52-59-98-102(69-79)122(133-114-42-24-15-33-94(114)101-65-75(48-62-117(101)133)78-45-55-97-91-30-12-21-39-111(91)131(120(97)68-78)82-51-58-88-85-27-9-18-36-105(85)125(5,6)108(88)72-82)127-126-121(98)132-113-41-23-14-32-93(113)100-64-74(47-61-116(100)132)77-44-54-96-90-29-11-20-38-110(90)130(119(96)67-77)81-50-57-87-84-26-8-17-35-104(84)124(3,4)107(87)71-81/h7-72H,1-6H3. The molecule has 0 spiro atoms. The Balaban J connectivity index is 0.604. The summed E-state index contributed by atoms with van der Waals surface area (Å²) in [4.78, 5) is 0. The maximum absolute atomic E-state index is 5.68. The lowest BCUT2D eigenvalue weighted by Gasteiger charge is -2.22. The van der Waals surface area contributed by atoms with Gasteiger partial charge in [-0.3, -0.25) is 9.13 Å². The van der Waals surface area contributed by atoms with E-state index in [9.17, 15) is 0 Å². The molecule has 0 radical (unpaired) electrons. The average molecular weight is 1700 g/mol. The van der Waals surface area contributed by atoms with Crippen molar-refractivity contribution in [2.45, 2.75) is 57.8 Å². The predicted molar refractivity (Wildman–Crippen MR) is 555 cm³/mol. The van der Waals surface area contributed by atoms with Crippen LogP contribution in [-0.2, 0) is 16.2 Å². The van der Waals surface area contributed by atoms with Crippen LogP contribution in [0.1, 0.15) is 74.9 Å². The highest BCUT2D eigenvalue weighted by atomic mass is 15.3. The van der Waals surface area contributed by atoms with Crippen LogP contribution in [0.4, 0.5) is 0 Å². The number of rotatable bonds is 9. The summed E-state index contributed by atoms with van der Waals surface area (Å²) >= 11 is 0. The third kappa shape index (κ3) is 10.2. The Morgan fingerprint density at radius 2 is 0.376 bits per heavy atom. The van der Waals surface area contributed by atoms with Gasteiger partial charge in [-0.2, -0.15) is 0 Å². The molecule has 0 unspecified atom stereocenters. The van der Waals surface area contributed by atoms with E-state index in [0.717, 1.165) is 133 Å². The second-order valence-corrected chi connectivity index (χ2v) is 38.8. The van der Waals surface area contributed by atoms with Gasteiger partial charge in [0.15, 0.2) is 11.6 Å². The molecule has 0 aliphatic heterocycles. The van der Waals surface area contributed by atoms with Crippen molar-refractivity contribution in [2.75, 3.05) is 0 Å². The molecule has 26 aromatic rings. The zero-order valence-corrected chi connectivity index (χ0v) is 74.2. The van der Waals surface area contributed by atoms with E-state index < -0.39 is 0 Å². The van der Waals surface area contributed by atoms with E-state index in [1.807, 2.05) is 0 Å². The molecule has 0 fully saturated rings. The molecule has 3 aliphatic rings. The summed E-state index contributed by atoms with van der Waals surface area (Å²) < 4.78 is 14.7. The summed E-state index contributed by atoms with van der Waals surface area (Å²) in [6, 6.07) is 151. The number of hydrogen-bond donors (Lipinski definition) is 0. The van der Waals surface area contributed by atoms with Crippen LogP contribution < -0.4 is 0 Å². The molecule has 8 nitrogen and oxygen atoms in total. The van der Waals surface area contributed by atoms with Crippen molar-refractivity contribution in [2.24, 2.45) is 0 Å². The number of aromatic nitrogens is 8. The molecule has 7 heterocycles. The molecular formula is C125H84N8. The maximum Gasteiger partial charge on any atom is 0.168 e. The third-order valence-electron chi connectivity index (χ3n) is 30.9. The second kappa shape index (κ2) is 26.8. The van der Waals surface area contributed by atoms with Crippen LogP contribution in [0.15, 0.2) is 400 Å². The first-order chi connectivity index (χ1) is 65.2. The van der Waals surface area contributed by atoms with Crippen LogP contribution in [0.25, 0.3) is 243 Å². The highest BCUT2D eigenvalue weighted by Crippen LogP contribution is 2.55. The fourth-order valence-corrected chi connectivity index (χ4v) is 24.6. The van der Waals surface area contributed by atoms with E-state index in [2.05, 4.69) is 469 Å². The smallest absolute Gasteiger partial charge is 0.168 e. The van der Waals surface area contributed by atoms with Crippen LogP contribution >= 0.6 is 0 Å². The summed E-state index contributed by atoms with van der Waals surface area (Å²) in [7, 11) is 0. The van der Waals surface area contributed by atoms with Gasteiger partial charge in [-0.15, -0.1) is 10.2 Å². The van der Waals surface area contributed by atoms with Crippen molar-refractivity contribution in [3.8, 4) is 101 Å². The molecule has 624 valence electrons. The average Bonchev–Trinajstić information content (AvgIpc) is 1.54. The molecule has 19 aromatic carbocycles. The van der Waals surface area contributed by atoms with Gasteiger partial charge in [0.05, 0.1) is 66.2 Å². The SMILES string of the molecule is CC1(C)c2ccccc2-c2ccc(-n3c4ccccc4c4ccc(-c5ccc6c(c5)c5ccccc5n6-c5ccc6c(-n7c8ccccc8c8cc(-c9ccc%10c%11ccccc%11n(-c%11ccc%12c(c%11)C(C)(C)c%11ccccc%11-%12)c%10c9)ccc87)nnc(-n7c8ccccc8c8cc(-c9ccc%10c%11ccccc%11n(-c%11ccc%12c(c%11)C(C)(C)c%11ccccc%11-%12)c%10c9)ccc87)c6c5)cc43)cc21. The van der Waals surface area contributed by atoms with Gasteiger partial charge >= 0.3 is 0 Å². The highest BCUT2D eigenvalue weighted by molar-refractivity contribution is 6.19. The Morgan fingerprint density at radius 1 is 0.150 bits per heavy atom. The molecule has 0 amide bonds. The zero-order chi connectivity index (χ0) is 87.9. The van der Waals surface area contributed by atoms with Crippen LogP contribution in [-0.4, -0.2) is 37.6 Å². The molecule has 7 aromatic heterocycles. The van der Waals surface area contributed by atoms with Crippen LogP contribution in [0.5, 0.6) is 0 Å². The quantitative estimate of drug-likeness (QED) is 0.145. The molecule has 133 heavy (non-hydrogen) atoms. The van der Waals surface area contributed by atoms with Gasteiger partial charge < -0.3 is 18.3 Å². The molecular weight excluding hydrogens is 1610 g/mol. The molecule has 0 atom stereocenters. The Morgan fingerprint density at radius 3 is 0.722 bits per heavy atom. The van der Waals surface area contributed by atoms with Crippen molar-refractivity contribution >= 4 is 142 Å². The molecule has 29 rings (SSSR count). The molecule has 8 heteroatoms. The van der Waals surface area contributed by atoms with Gasteiger partial charge in [0.1, 0.15) is 0 Å². The number of hydrogen-bond acceptors (Lipinski definition) is 2. The minimum absolute atomic E-state index is 0.145. The van der Waals surface area contributed by atoms with Crippen molar-refractivity contribution in [1.29, 1.82) is 0 Å². The van der Waals surface area contributed by atoms with Gasteiger partial charge in [0.2, 0.25) is 0 Å². The van der Waals surface area contributed by atoms with Gasteiger partial charge in [0, 0.05) is 114 Å². The lowest BCUT2D eigenvalue weighted by atomic mass is 9.82. The van der Waals surface area contributed by atoms with E-state index in [-0.39, 0.29) is 16.2 Å². The first-order valence-corrected chi connectivity index (χ1v) is 46.5. The fraction of sp³-hybridized carbons (Fsp3) is 0.0720. The van der Waals surface area contributed by atoms with Gasteiger partial charge in [0.25, 0.3) is 0 Å². The number of benzene rings is 19. The monoisotopic (exact) mass is 1700 g/mol. The zero-order valence-electron chi connectivity index (χ0n) is 74.2. The molecule has 0 N–H and O–H groups in total. The van der Waals surface area contributed by atoms with Crippen LogP contribution in [0.2, 0.25) is 0 Å². The number of para-hydroxylation sites is 6. The third-order valence-corrected chi connectivity index (χ3v) is 30.9. The summed E-state index contributed by atoms with van der Waals surface area (Å²) in [5.41, 5.74) is 40.4. The molecule has 3 aliphatic carbocycles. The minimum atomic E-state index is -0.151. The van der Waals surface area contributed by atoms with Crippen LogP contribution in [0, 0.1) is 0 Å². The highest BCUT2D eigenvalue weighted by Gasteiger charge is 2.40. The van der Waals surface area contributed by atoms with Gasteiger partial charge in [-0.25, -0.2) is 0 Å². The summed E-state index contributed by atoms with van der Waals surface area (Å²) in [5.74, 6) is 1.48. The largest absolute Gasteiger partial charge is 0.309 e. The van der Waals surface area contributed by atoms with Gasteiger partial charge in [-0.1, -0.05) is 296 Å². The van der Waals surface area contributed by atoms with Crippen molar-refractivity contribution in [3.05, 3.63) is 434 Å². The minimum Gasteiger partial charge on any atom is -0.309 e. The summed E-state index contributed by atoms with van der Waals surface area (Å²) in [5, 5.41) is 27.4. The Labute approximate surface area is 766 Å². The van der Waals surface area contributed by atoms with Crippen molar-refractivity contribution in [3.63, 3.8) is 0 Å². The maximum atomic E-state index is 5.68. The Hall–Kier alpha value is -16.7. The van der Waals surface area contributed by atoms with Crippen molar-refractivity contribution in [1.82, 2.24) is 37.6 Å². The van der Waals surface area contributed by atoms with E-state index in [0.29, 0.717) is 0 Å². The lowest BCUT2D eigenvalue weighted by Crippen LogP contribution is -2.15. The number of nitrogens with zero attached hydrogens (tertiary/aromatic N) is 8. The fourth-order valence-electron chi connectivity index (χ4n) is 24.6. The van der Waals surface area contributed by atoms with Gasteiger partial charge in [-0.05, 0) is 246 Å². The molecule has 0 bridgehead atoms.